The summed E-state index contributed by atoms with van der Waals surface area (Å²) in [4.78, 5) is 12.0. The molecule has 2 rings (SSSR count). The van der Waals surface area contributed by atoms with Gasteiger partial charge < -0.3 is 14.6 Å². The SMILES string of the molecule is COc1cc(C)c(C2(C(=O)O)CCCCC2)c(Cl)c1OC. The molecule has 0 unspecified atom stereocenters. The lowest BCUT2D eigenvalue weighted by Gasteiger charge is -2.36. The Bertz CT molecular complexity index is 548. The Morgan fingerprint density at radius 1 is 1.24 bits per heavy atom. The number of methoxy groups -OCH3 is 2. The average Bonchev–Trinajstić information content (AvgIpc) is 2.47. The van der Waals surface area contributed by atoms with Crippen molar-refractivity contribution < 1.29 is 19.4 Å². The molecule has 21 heavy (non-hydrogen) atoms. The van der Waals surface area contributed by atoms with Crippen molar-refractivity contribution in [3.63, 3.8) is 0 Å². The number of aliphatic carboxylic acids is 1. The number of carboxylic acids is 1. The quantitative estimate of drug-likeness (QED) is 0.914. The van der Waals surface area contributed by atoms with Crippen LogP contribution in [0.1, 0.15) is 43.2 Å². The van der Waals surface area contributed by atoms with Gasteiger partial charge in [-0.15, -0.1) is 0 Å². The van der Waals surface area contributed by atoms with Crippen LogP contribution < -0.4 is 9.47 Å². The van der Waals surface area contributed by atoms with E-state index in [0.29, 0.717) is 34.9 Å². The Kier molecular flexibility index (Phi) is 4.67. The van der Waals surface area contributed by atoms with Gasteiger partial charge in [0.15, 0.2) is 11.5 Å². The third-order valence-electron chi connectivity index (χ3n) is 4.40. The van der Waals surface area contributed by atoms with E-state index in [2.05, 4.69) is 0 Å². The van der Waals surface area contributed by atoms with E-state index >= 15 is 0 Å². The average molecular weight is 313 g/mol. The van der Waals surface area contributed by atoms with Gasteiger partial charge in [0.25, 0.3) is 0 Å². The fraction of sp³-hybridized carbons (Fsp3) is 0.562. The highest BCUT2D eigenvalue weighted by atomic mass is 35.5. The first kappa shape index (κ1) is 16.0. The Morgan fingerprint density at radius 2 is 1.86 bits per heavy atom. The highest BCUT2D eigenvalue weighted by Gasteiger charge is 2.44. The molecule has 0 atom stereocenters. The highest BCUT2D eigenvalue weighted by molar-refractivity contribution is 6.33. The predicted octanol–water partition coefficient (Wildman–Crippen LogP) is 3.95. The van der Waals surface area contributed by atoms with Crippen LogP contribution in [-0.4, -0.2) is 25.3 Å². The van der Waals surface area contributed by atoms with Crippen LogP contribution in [0.3, 0.4) is 0 Å². The molecule has 0 aromatic heterocycles. The molecule has 1 aromatic carbocycles. The van der Waals surface area contributed by atoms with Crippen LogP contribution in [0, 0.1) is 6.92 Å². The summed E-state index contributed by atoms with van der Waals surface area (Å²) in [6.45, 7) is 1.88. The fourth-order valence-electron chi connectivity index (χ4n) is 3.38. The lowest BCUT2D eigenvalue weighted by Crippen LogP contribution is -2.38. The second kappa shape index (κ2) is 6.14. The van der Waals surface area contributed by atoms with Gasteiger partial charge in [0.2, 0.25) is 0 Å². The maximum Gasteiger partial charge on any atom is 0.314 e. The lowest BCUT2D eigenvalue weighted by atomic mass is 9.68. The smallest absolute Gasteiger partial charge is 0.314 e. The minimum Gasteiger partial charge on any atom is -0.493 e. The maximum absolute atomic E-state index is 12.0. The Morgan fingerprint density at radius 3 is 2.33 bits per heavy atom. The van der Waals surface area contributed by atoms with Crippen molar-refractivity contribution in [2.24, 2.45) is 0 Å². The Labute approximate surface area is 130 Å². The van der Waals surface area contributed by atoms with Crippen molar-refractivity contribution in [1.82, 2.24) is 0 Å². The minimum atomic E-state index is -0.918. The normalized spacial score (nSPS) is 17.3. The number of benzene rings is 1. The second-order valence-electron chi connectivity index (χ2n) is 5.57. The molecule has 1 fully saturated rings. The van der Waals surface area contributed by atoms with Crippen LogP contribution in [0.25, 0.3) is 0 Å². The zero-order valence-electron chi connectivity index (χ0n) is 12.7. The molecule has 1 aliphatic carbocycles. The van der Waals surface area contributed by atoms with Gasteiger partial charge in [-0.05, 0) is 37.0 Å². The molecule has 1 aliphatic rings. The third-order valence-corrected chi connectivity index (χ3v) is 4.76. The number of carbonyl (C=O) groups is 1. The molecule has 1 N–H and O–H groups in total. The first-order chi connectivity index (χ1) is 9.97. The van der Waals surface area contributed by atoms with Gasteiger partial charge >= 0.3 is 5.97 Å². The van der Waals surface area contributed by atoms with Crippen LogP contribution >= 0.6 is 11.6 Å². The van der Waals surface area contributed by atoms with Crippen LogP contribution in [-0.2, 0) is 10.2 Å². The molecule has 0 radical (unpaired) electrons. The van der Waals surface area contributed by atoms with Crippen LogP contribution in [0.5, 0.6) is 11.5 Å². The molecule has 0 bridgehead atoms. The van der Waals surface area contributed by atoms with Crippen LogP contribution in [0.4, 0.5) is 0 Å². The maximum atomic E-state index is 12.0. The molecule has 0 amide bonds. The largest absolute Gasteiger partial charge is 0.493 e. The van der Waals surface area contributed by atoms with E-state index in [1.807, 2.05) is 6.92 Å². The molecule has 1 aromatic rings. The molecular formula is C16H21ClO4. The van der Waals surface area contributed by atoms with E-state index < -0.39 is 11.4 Å². The van der Waals surface area contributed by atoms with E-state index in [-0.39, 0.29) is 0 Å². The summed E-state index contributed by atoms with van der Waals surface area (Å²) in [5, 5.41) is 10.2. The van der Waals surface area contributed by atoms with Crippen LogP contribution in [0.2, 0.25) is 5.02 Å². The topological polar surface area (TPSA) is 55.8 Å². The molecular weight excluding hydrogens is 292 g/mol. The van der Waals surface area contributed by atoms with Crippen LogP contribution in [0.15, 0.2) is 6.07 Å². The molecule has 0 heterocycles. The number of hydrogen-bond donors (Lipinski definition) is 1. The number of rotatable bonds is 4. The standard InChI is InChI=1S/C16H21ClO4/c1-10-9-11(20-2)14(21-3)13(17)12(10)16(15(18)19)7-5-4-6-8-16/h9H,4-8H2,1-3H3,(H,18,19). The molecule has 1 saturated carbocycles. The van der Waals surface area contributed by atoms with Gasteiger partial charge in [-0.2, -0.15) is 0 Å². The minimum absolute atomic E-state index is 0.360. The van der Waals surface area contributed by atoms with E-state index in [1.54, 1.807) is 13.2 Å². The van der Waals surface area contributed by atoms with E-state index in [9.17, 15) is 9.90 Å². The molecule has 116 valence electrons. The number of halogens is 1. The van der Waals surface area contributed by atoms with Gasteiger partial charge in [0.1, 0.15) is 0 Å². The first-order valence-electron chi connectivity index (χ1n) is 7.13. The van der Waals surface area contributed by atoms with Crippen molar-refractivity contribution in [2.45, 2.75) is 44.4 Å². The zero-order chi connectivity index (χ0) is 15.6. The summed E-state index contributed by atoms with van der Waals surface area (Å²) in [6, 6.07) is 1.80. The summed E-state index contributed by atoms with van der Waals surface area (Å²) in [6.07, 6.45) is 4.09. The van der Waals surface area contributed by atoms with Gasteiger partial charge in [0, 0.05) is 0 Å². The molecule has 0 saturated heterocycles. The zero-order valence-corrected chi connectivity index (χ0v) is 13.4. The number of hydrogen-bond acceptors (Lipinski definition) is 3. The summed E-state index contributed by atoms with van der Waals surface area (Å²) in [7, 11) is 3.05. The monoisotopic (exact) mass is 312 g/mol. The summed E-state index contributed by atoms with van der Waals surface area (Å²) >= 11 is 6.50. The third kappa shape index (κ3) is 2.57. The lowest BCUT2D eigenvalue weighted by molar-refractivity contribution is -0.145. The Hall–Kier alpha value is -1.42. The summed E-state index contributed by atoms with van der Waals surface area (Å²) < 4.78 is 10.6. The van der Waals surface area contributed by atoms with Crippen molar-refractivity contribution in [2.75, 3.05) is 14.2 Å². The number of ether oxygens (including phenoxy) is 2. The molecule has 0 aliphatic heterocycles. The second-order valence-corrected chi connectivity index (χ2v) is 5.94. The van der Waals surface area contributed by atoms with E-state index in [0.717, 1.165) is 24.8 Å². The number of carboxylic acid groups (broad SMARTS) is 1. The number of aryl methyl sites for hydroxylation is 1. The first-order valence-corrected chi connectivity index (χ1v) is 7.50. The predicted molar refractivity (Wildman–Crippen MR) is 81.7 cm³/mol. The van der Waals surface area contributed by atoms with Gasteiger partial charge in [-0.1, -0.05) is 30.9 Å². The summed E-state index contributed by atoms with van der Waals surface area (Å²) in [5.74, 6) is 0.130. The van der Waals surface area contributed by atoms with Gasteiger partial charge in [-0.3, -0.25) is 4.79 Å². The summed E-state index contributed by atoms with van der Waals surface area (Å²) in [5.41, 5.74) is 0.592. The van der Waals surface area contributed by atoms with Crippen molar-refractivity contribution in [3.8, 4) is 11.5 Å². The van der Waals surface area contributed by atoms with Crippen molar-refractivity contribution >= 4 is 17.6 Å². The molecule has 5 heteroatoms. The Balaban J connectivity index is 2.69. The van der Waals surface area contributed by atoms with E-state index in [1.165, 1.54) is 7.11 Å². The molecule has 4 nitrogen and oxygen atoms in total. The fourth-order valence-corrected chi connectivity index (χ4v) is 3.88. The van der Waals surface area contributed by atoms with Crippen molar-refractivity contribution in [1.29, 1.82) is 0 Å². The van der Waals surface area contributed by atoms with Gasteiger partial charge in [-0.25, -0.2) is 0 Å². The van der Waals surface area contributed by atoms with Crippen molar-refractivity contribution in [3.05, 3.63) is 22.2 Å². The van der Waals surface area contributed by atoms with Gasteiger partial charge in [0.05, 0.1) is 24.7 Å². The highest BCUT2D eigenvalue weighted by Crippen LogP contribution is 2.49. The van der Waals surface area contributed by atoms with E-state index in [4.69, 9.17) is 21.1 Å². The molecule has 0 spiro atoms.